The lowest BCUT2D eigenvalue weighted by Gasteiger charge is -2.42. The van der Waals surface area contributed by atoms with Gasteiger partial charge < -0.3 is 0 Å². The van der Waals surface area contributed by atoms with Crippen molar-refractivity contribution in [3.63, 3.8) is 0 Å². The van der Waals surface area contributed by atoms with Crippen LogP contribution in [0.1, 0.15) is 13.3 Å². The SMILES string of the molecule is CC1(C(F)(F)F)[CH]C(Cl)C1. The minimum atomic E-state index is -4.13. The average molecular weight is 172 g/mol. The Morgan fingerprint density at radius 1 is 1.60 bits per heavy atom. The molecule has 0 saturated heterocycles. The zero-order chi connectivity index (χ0) is 7.99. The maximum Gasteiger partial charge on any atom is 0.394 e. The summed E-state index contributed by atoms with van der Waals surface area (Å²) in [6.45, 7) is 1.16. The van der Waals surface area contributed by atoms with E-state index < -0.39 is 17.0 Å². The molecule has 0 N–H and O–H groups in total. The van der Waals surface area contributed by atoms with Gasteiger partial charge in [-0.15, -0.1) is 11.6 Å². The van der Waals surface area contributed by atoms with E-state index in [1.165, 1.54) is 0 Å². The van der Waals surface area contributed by atoms with E-state index in [9.17, 15) is 13.2 Å². The van der Waals surface area contributed by atoms with Gasteiger partial charge in [-0.2, -0.15) is 13.2 Å². The third-order valence-corrected chi connectivity index (χ3v) is 2.10. The highest BCUT2D eigenvalue weighted by molar-refractivity contribution is 6.22. The molecular formula is C6H7ClF3. The third-order valence-electron chi connectivity index (χ3n) is 1.82. The smallest absolute Gasteiger partial charge is 0.171 e. The summed E-state index contributed by atoms with van der Waals surface area (Å²) in [4.78, 5) is 0. The van der Waals surface area contributed by atoms with Gasteiger partial charge in [0.05, 0.1) is 5.41 Å². The second kappa shape index (κ2) is 2.03. The Hall–Kier alpha value is 0.0800. The van der Waals surface area contributed by atoms with Crippen molar-refractivity contribution in [1.82, 2.24) is 0 Å². The molecule has 1 aliphatic carbocycles. The molecule has 10 heavy (non-hydrogen) atoms. The minimum Gasteiger partial charge on any atom is -0.171 e. The Morgan fingerprint density at radius 2 is 2.00 bits per heavy atom. The molecule has 0 heterocycles. The van der Waals surface area contributed by atoms with Gasteiger partial charge in [0.1, 0.15) is 0 Å². The van der Waals surface area contributed by atoms with Crippen molar-refractivity contribution in [3.8, 4) is 0 Å². The summed E-state index contributed by atoms with van der Waals surface area (Å²) < 4.78 is 35.9. The summed E-state index contributed by atoms with van der Waals surface area (Å²) in [7, 11) is 0. The van der Waals surface area contributed by atoms with Crippen molar-refractivity contribution in [1.29, 1.82) is 0 Å². The van der Waals surface area contributed by atoms with Crippen molar-refractivity contribution in [3.05, 3.63) is 6.42 Å². The van der Waals surface area contributed by atoms with E-state index in [1.54, 1.807) is 0 Å². The fraction of sp³-hybridized carbons (Fsp3) is 0.833. The molecule has 0 nitrogen and oxygen atoms in total. The van der Waals surface area contributed by atoms with Crippen LogP contribution in [0.5, 0.6) is 0 Å². The predicted octanol–water partition coefficient (Wildman–Crippen LogP) is 2.77. The second-order valence-electron chi connectivity index (χ2n) is 2.80. The van der Waals surface area contributed by atoms with Crippen molar-refractivity contribution >= 4 is 11.6 Å². The Labute approximate surface area is 62.4 Å². The van der Waals surface area contributed by atoms with Crippen molar-refractivity contribution in [2.45, 2.75) is 24.9 Å². The number of rotatable bonds is 0. The molecular weight excluding hydrogens is 165 g/mol. The Balaban J connectivity index is 2.57. The van der Waals surface area contributed by atoms with E-state index in [2.05, 4.69) is 0 Å². The fourth-order valence-electron chi connectivity index (χ4n) is 0.981. The molecule has 1 aliphatic rings. The standard InChI is InChI=1S/C6H7ClF3/c1-5(6(8,9)10)2-4(7)3-5/h2,4H,3H2,1H3. The summed E-state index contributed by atoms with van der Waals surface area (Å²) in [5, 5.41) is -0.397. The highest BCUT2D eigenvalue weighted by Crippen LogP contribution is 2.53. The van der Waals surface area contributed by atoms with E-state index in [-0.39, 0.29) is 6.42 Å². The van der Waals surface area contributed by atoms with Gasteiger partial charge in [-0.25, -0.2) is 0 Å². The molecule has 1 rings (SSSR count). The van der Waals surface area contributed by atoms with Crippen LogP contribution in [0.3, 0.4) is 0 Å². The first-order valence-corrected chi connectivity index (χ1v) is 3.36. The minimum absolute atomic E-state index is 0.0120. The van der Waals surface area contributed by atoms with E-state index in [0.29, 0.717) is 0 Å². The van der Waals surface area contributed by atoms with E-state index in [1.807, 2.05) is 0 Å². The summed E-state index contributed by atoms with van der Waals surface area (Å²) in [5.74, 6) is 0. The highest BCUT2D eigenvalue weighted by atomic mass is 35.5. The van der Waals surface area contributed by atoms with Crippen molar-refractivity contribution in [2.24, 2.45) is 5.41 Å². The lowest BCUT2D eigenvalue weighted by Crippen LogP contribution is -2.47. The van der Waals surface area contributed by atoms with Crippen LogP contribution >= 0.6 is 11.6 Å². The molecule has 1 saturated carbocycles. The van der Waals surface area contributed by atoms with Gasteiger partial charge in [0.25, 0.3) is 0 Å². The summed E-state index contributed by atoms with van der Waals surface area (Å²) in [6.07, 6.45) is -2.98. The lowest BCUT2D eigenvalue weighted by molar-refractivity contribution is -0.221. The monoisotopic (exact) mass is 171 g/mol. The first-order valence-electron chi connectivity index (χ1n) is 2.92. The molecule has 2 atom stereocenters. The first kappa shape index (κ1) is 8.18. The maximum atomic E-state index is 12.0. The van der Waals surface area contributed by atoms with Crippen LogP contribution in [-0.4, -0.2) is 11.6 Å². The molecule has 0 aromatic rings. The van der Waals surface area contributed by atoms with Crippen LogP contribution in [0.25, 0.3) is 0 Å². The second-order valence-corrected chi connectivity index (χ2v) is 3.36. The van der Waals surface area contributed by atoms with E-state index >= 15 is 0 Å². The Kier molecular flexibility index (Phi) is 1.66. The molecule has 1 fully saturated rings. The molecule has 0 amide bonds. The number of alkyl halides is 4. The van der Waals surface area contributed by atoms with Crippen molar-refractivity contribution < 1.29 is 13.2 Å². The number of hydrogen-bond acceptors (Lipinski definition) is 0. The van der Waals surface area contributed by atoms with Crippen LogP contribution in [0.4, 0.5) is 13.2 Å². The van der Waals surface area contributed by atoms with Gasteiger partial charge in [-0.3, -0.25) is 0 Å². The molecule has 4 heteroatoms. The molecule has 0 aromatic heterocycles. The fourth-order valence-corrected chi connectivity index (χ4v) is 1.58. The van der Waals surface area contributed by atoms with Gasteiger partial charge in [0.15, 0.2) is 0 Å². The molecule has 0 aromatic carbocycles. The molecule has 59 valence electrons. The number of hydrogen-bond donors (Lipinski definition) is 0. The first-order chi connectivity index (χ1) is 4.35. The van der Waals surface area contributed by atoms with Crippen LogP contribution in [-0.2, 0) is 0 Å². The van der Waals surface area contributed by atoms with Gasteiger partial charge in [-0.05, 0) is 12.8 Å². The van der Waals surface area contributed by atoms with Crippen LogP contribution in [0.15, 0.2) is 0 Å². The Morgan fingerprint density at radius 3 is 2.10 bits per heavy atom. The molecule has 0 bridgehead atoms. The quantitative estimate of drug-likeness (QED) is 0.492. The van der Waals surface area contributed by atoms with E-state index in [0.717, 1.165) is 13.3 Å². The van der Waals surface area contributed by atoms with Gasteiger partial charge in [-0.1, -0.05) is 6.92 Å². The summed E-state index contributed by atoms with van der Waals surface area (Å²) in [5.41, 5.74) is -1.63. The van der Waals surface area contributed by atoms with Gasteiger partial charge in [0, 0.05) is 5.38 Å². The zero-order valence-electron chi connectivity index (χ0n) is 5.37. The summed E-state index contributed by atoms with van der Waals surface area (Å²) in [6, 6.07) is 0. The topological polar surface area (TPSA) is 0 Å². The largest absolute Gasteiger partial charge is 0.394 e. The molecule has 2 unspecified atom stereocenters. The lowest BCUT2D eigenvalue weighted by atomic mass is 9.69. The van der Waals surface area contributed by atoms with Crippen LogP contribution in [0.2, 0.25) is 0 Å². The van der Waals surface area contributed by atoms with Crippen LogP contribution in [0, 0.1) is 11.8 Å². The highest BCUT2D eigenvalue weighted by Gasteiger charge is 2.58. The normalized spacial score (nSPS) is 41.1. The summed E-state index contributed by atoms with van der Waals surface area (Å²) >= 11 is 5.38. The Bertz CT molecular complexity index is 134. The molecule has 1 radical (unpaired) electrons. The average Bonchev–Trinajstić information content (AvgIpc) is 1.58. The predicted molar refractivity (Wildman–Crippen MR) is 32.7 cm³/mol. The van der Waals surface area contributed by atoms with Gasteiger partial charge in [0.2, 0.25) is 0 Å². The molecule has 0 spiro atoms. The van der Waals surface area contributed by atoms with Crippen molar-refractivity contribution in [2.75, 3.05) is 0 Å². The van der Waals surface area contributed by atoms with Gasteiger partial charge >= 0.3 is 6.18 Å². The number of halogens is 4. The maximum absolute atomic E-state index is 12.0. The molecule has 0 aliphatic heterocycles. The third kappa shape index (κ3) is 1.11. The zero-order valence-corrected chi connectivity index (χ0v) is 6.13. The van der Waals surface area contributed by atoms with E-state index in [4.69, 9.17) is 11.6 Å². The van der Waals surface area contributed by atoms with Crippen LogP contribution < -0.4 is 0 Å².